The Kier molecular flexibility index (Phi) is 2.65. The normalized spacial score (nSPS) is 18.5. The van der Waals surface area contributed by atoms with Crippen molar-refractivity contribution in [3.63, 3.8) is 0 Å². The van der Waals surface area contributed by atoms with Crippen LogP contribution in [0.3, 0.4) is 0 Å². The molecule has 1 saturated carbocycles. The van der Waals surface area contributed by atoms with Gasteiger partial charge in [-0.05, 0) is 31.7 Å². The van der Waals surface area contributed by atoms with E-state index in [0.717, 1.165) is 12.5 Å². The summed E-state index contributed by atoms with van der Waals surface area (Å²) in [6.45, 7) is 2.27. The molecule has 1 aliphatic rings. The molecule has 1 fully saturated rings. The van der Waals surface area contributed by atoms with Crippen LogP contribution in [0, 0.1) is 0 Å². The van der Waals surface area contributed by atoms with Crippen LogP contribution in [-0.2, 0) is 6.42 Å². The molecular weight excluding hydrogens is 158 g/mol. The van der Waals surface area contributed by atoms with Crippen LogP contribution in [0.1, 0.15) is 25.3 Å². The molecule has 0 bridgehead atoms. The maximum atomic E-state index is 3.60. The highest BCUT2D eigenvalue weighted by Gasteiger charge is 2.22. The smallest absolute Gasteiger partial charge is 0.00817 e. The number of benzene rings is 1. The van der Waals surface area contributed by atoms with Gasteiger partial charge < -0.3 is 5.32 Å². The minimum absolute atomic E-state index is 0.620. The molecule has 0 saturated heterocycles. The molecule has 1 N–H and O–H groups in total. The molecule has 2 rings (SSSR count). The average molecular weight is 175 g/mol. The van der Waals surface area contributed by atoms with Crippen molar-refractivity contribution < 1.29 is 0 Å². The van der Waals surface area contributed by atoms with Crippen LogP contribution in [0.5, 0.6) is 0 Å². The second-order valence-corrected chi connectivity index (χ2v) is 4.03. The third-order valence-corrected chi connectivity index (χ3v) is 2.48. The van der Waals surface area contributed by atoms with Crippen LogP contribution in [0.15, 0.2) is 30.3 Å². The lowest BCUT2D eigenvalue weighted by Crippen LogP contribution is -2.29. The SMILES string of the molecule is CC(Cc1ccccc1)NC1CC1. The van der Waals surface area contributed by atoms with Gasteiger partial charge in [-0.1, -0.05) is 30.3 Å². The summed E-state index contributed by atoms with van der Waals surface area (Å²) in [5.41, 5.74) is 1.43. The molecule has 0 amide bonds. The first kappa shape index (κ1) is 8.76. The van der Waals surface area contributed by atoms with E-state index in [1.54, 1.807) is 0 Å². The van der Waals surface area contributed by atoms with Crippen molar-refractivity contribution in [3.8, 4) is 0 Å². The topological polar surface area (TPSA) is 12.0 Å². The molecule has 1 aliphatic carbocycles. The van der Waals surface area contributed by atoms with Gasteiger partial charge in [0.05, 0.1) is 0 Å². The van der Waals surface area contributed by atoms with Gasteiger partial charge in [0.2, 0.25) is 0 Å². The van der Waals surface area contributed by atoms with Crippen LogP contribution in [0.25, 0.3) is 0 Å². The molecule has 1 aromatic rings. The Balaban J connectivity index is 1.82. The van der Waals surface area contributed by atoms with E-state index < -0.39 is 0 Å². The minimum Gasteiger partial charge on any atom is -0.311 e. The monoisotopic (exact) mass is 175 g/mol. The maximum absolute atomic E-state index is 3.60. The van der Waals surface area contributed by atoms with Crippen molar-refractivity contribution in [2.24, 2.45) is 0 Å². The van der Waals surface area contributed by atoms with E-state index >= 15 is 0 Å². The lowest BCUT2D eigenvalue weighted by atomic mass is 10.1. The first-order chi connectivity index (χ1) is 6.34. The molecule has 1 atom stereocenters. The Morgan fingerprint density at radius 2 is 2.00 bits per heavy atom. The third-order valence-electron chi connectivity index (χ3n) is 2.48. The van der Waals surface area contributed by atoms with Gasteiger partial charge in [-0.25, -0.2) is 0 Å². The predicted molar refractivity (Wildman–Crippen MR) is 55.8 cm³/mol. The minimum atomic E-state index is 0.620. The summed E-state index contributed by atoms with van der Waals surface area (Å²) >= 11 is 0. The van der Waals surface area contributed by atoms with Crippen molar-refractivity contribution in [3.05, 3.63) is 35.9 Å². The lowest BCUT2D eigenvalue weighted by molar-refractivity contribution is 0.542. The van der Waals surface area contributed by atoms with E-state index in [9.17, 15) is 0 Å². The molecule has 0 aromatic heterocycles. The van der Waals surface area contributed by atoms with Gasteiger partial charge in [0.15, 0.2) is 0 Å². The lowest BCUT2D eigenvalue weighted by Gasteiger charge is -2.12. The second-order valence-electron chi connectivity index (χ2n) is 4.03. The first-order valence-electron chi connectivity index (χ1n) is 5.14. The Morgan fingerprint density at radius 1 is 1.31 bits per heavy atom. The Morgan fingerprint density at radius 3 is 2.62 bits per heavy atom. The predicted octanol–water partition coefficient (Wildman–Crippen LogP) is 2.37. The van der Waals surface area contributed by atoms with Crippen LogP contribution < -0.4 is 5.32 Å². The highest BCUT2D eigenvalue weighted by molar-refractivity contribution is 5.15. The molecule has 1 aromatic carbocycles. The molecule has 1 heteroatoms. The molecule has 1 unspecified atom stereocenters. The van der Waals surface area contributed by atoms with Gasteiger partial charge in [0.25, 0.3) is 0 Å². The van der Waals surface area contributed by atoms with Gasteiger partial charge in [0, 0.05) is 12.1 Å². The largest absolute Gasteiger partial charge is 0.311 e. The van der Waals surface area contributed by atoms with E-state index in [0.29, 0.717) is 6.04 Å². The van der Waals surface area contributed by atoms with Gasteiger partial charge >= 0.3 is 0 Å². The third kappa shape index (κ3) is 2.85. The summed E-state index contributed by atoms with van der Waals surface area (Å²) in [7, 11) is 0. The Hall–Kier alpha value is -0.820. The molecule has 0 spiro atoms. The summed E-state index contributed by atoms with van der Waals surface area (Å²) < 4.78 is 0. The molecule has 0 heterocycles. The second kappa shape index (κ2) is 3.93. The molecule has 0 radical (unpaired) electrons. The van der Waals surface area contributed by atoms with E-state index in [4.69, 9.17) is 0 Å². The zero-order valence-corrected chi connectivity index (χ0v) is 8.16. The fourth-order valence-corrected chi connectivity index (χ4v) is 1.68. The summed E-state index contributed by atoms with van der Waals surface area (Å²) in [5, 5.41) is 3.60. The van der Waals surface area contributed by atoms with Crippen molar-refractivity contribution in [2.45, 2.75) is 38.3 Å². The highest BCUT2D eigenvalue weighted by Crippen LogP contribution is 2.19. The number of rotatable bonds is 4. The van der Waals surface area contributed by atoms with Crippen LogP contribution in [0.4, 0.5) is 0 Å². The summed E-state index contributed by atoms with van der Waals surface area (Å²) in [5.74, 6) is 0. The van der Waals surface area contributed by atoms with Gasteiger partial charge in [-0.2, -0.15) is 0 Å². The molecule has 13 heavy (non-hydrogen) atoms. The average Bonchev–Trinajstić information content (AvgIpc) is 2.90. The zero-order valence-electron chi connectivity index (χ0n) is 8.16. The van der Waals surface area contributed by atoms with Crippen LogP contribution in [0.2, 0.25) is 0 Å². The number of nitrogens with one attached hydrogen (secondary N) is 1. The Labute approximate surface area is 80.2 Å². The molecule has 0 aliphatic heterocycles. The first-order valence-corrected chi connectivity index (χ1v) is 5.14. The quantitative estimate of drug-likeness (QED) is 0.740. The summed E-state index contributed by atoms with van der Waals surface area (Å²) in [6.07, 6.45) is 3.90. The van der Waals surface area contributed by atoms with Crippen molar-refractivity contribution in [2.75, 3.05) is 0 Å². The van der Waals surface area contributed by atoms with Crippen molar-refractivity contribution in [1.82, 2.24) is 5.32 Å². The maximum Gasteiger partial charge on any atom is 0.00817 e. The van der Waals surface area contributed by atoms with Gasteiger partial charge in [-0.15, -0.1) is 0 Å². The van der Waals surface area contributed by atoms with Gasteiger partial charge in [-0.3, -0.25) is 0 Å². The van der Waals surface area contributed by atoms with Gasteiger partial charge in [0.1, 0.15) is 0 Å². The van der Waals surface area contributed by atoms with E-state index in [-0.39, 0.29) is 0 Å². The summed E-state index contributed by atoms with van der Waals surface area (Å²) in [4.78, 5) is 0. The van der Waals surface area contributed by atoms with E-state index in [1.807, 2.05) is 0 Å². The standard InChI is InChI=1S/C12H17N/c1-10(13-12-7-8-12)9-11-5-3-2-4-6-11/h2-6,10,12-13H,7-9H2,1H3. The molecular formula is C12H17N. The van der Waals surface area contributed by atoms with Crippen molar-refractivity contribution >= 4 is 0 Å². The van der Waals surface area contributed by atoms with E-state index in [1.165, 1.54) is 18.4 Å². The fourth-order valence-electron chi connectivity index (χ4n) is 1.68. The van der Waals surface area contributed by atoms with Crippen molar-refractivity contribution in [1.29, 1.82) is 0 Å². The van der Waals surface area contributed by atoms with E-state index in [2.05, 4.69) is 42.6 Å². The van der Waals surface area contributed by atoms with Crippen LogP contribution in [-0.4, -0.2) is 12.1 Å². The molecule has 70 valence electrons. The highest BCUT2D eigenvalue weighted by atomic mass is 15.0. The summed E-state index contributed by atoms with van der Waals surface area (Å²) in [6, 6.07) is 12.1. The zero-order chi connectivity index (χ0) is 9.10. The fraction of sp³-hybridized carbons (Fsp3) is 0.500. The number of hydrogen-bond acceptors (Lipinski definition) is 1. The molecule has 1 nitrogen and oxygen atoms in total. The van der Waals surface area contributed by atoms with Crippen LogP contribution >= 0.6 is 0 Å². The number of hydrogen-bond donors (Lipinski definition) is 1. The Bertz CT molecular complexity index is 251.